The first-order valence-corrected chi connectivity index (χ1v) is 11.0. The second-order valence-corrected chi connectivity index (χ2v) is 8.24. The van der Waals surface area contributed by atoms with Gasteiger partial charge in [-0.25, -0.2) is 4.79 Å². The predicted octanol–water partition coefficient (Wildman–Crippen LogP) is 3.96. The lowest BCUT2D eigenvalue weighted by atomic mass is 10.1. The monoisotopic (exact) mass is 468 g/mol. The highest BCUT2D eigenvalue weighted by atomic mass is 16.5. The molecule has 0 atom stereocenters. The number of aliphatic carboxylic acids is 2. The van der Waals surface area contributed by atoms with E-state index in [1.165, 1.54) is 16.8 Å². The van der Waals surface area contributed by atoms with Crippen LogP contribution in [0.25, 0.3) is 10.9 Å². The average Bonchev–Trinajstić information content (AvgIpc) is 3.03. The third-order valence-corrected chi connectivity index (χ3v) is 5.38. The lowest BCUT2D eigenvalue weighted by Crippen LogP contribution is -2.20. The second-order valence-electron chi connectivity index (χ2n) is 8.24. The summed E-state index contributed by atoms with van der Waals surface area (Å²) in [5.74, 6) is -2.42. The van der Waals surface area contributed by atoms with Gasteiger partial charge < -0.3 is 24.4 Å². The molecule has 0 amide bonds. The smallest absolute Gasteiger partial charge is 0.338 e. The number of fused-ring (bicyclic) bond motifs is 1. The van der Waals surface area contributed by atoms with Gasteiger partial charge in [0.25, 0.3) is 0 Å². The average molecular weight is 469 g/mol. The molecule has 0 aliphatic heterocycles. The van der Waals surface area contributed by atoms with Crippen LogP contribution in [0.5, 0.6) is 0 Å². The fourth-order valence-corrected chi connectivity index (χ4v) is 3.36. The number of ether oxygens (including phenoxy) is 1. The van der Waals surface area contributed by atoms with Crippen molar-refractivity contribution in [2.24, 2.45) is 0 Å². The summed E-state index contributed by atoms with van der Waals surface area (Å²) in [6.07, 6.45) is -0.593. The van der Waals surface area contributed by atoms with Gasteiger partial charge in [-0.15, -0.1) is 0 Å². The van der Waals surface area contributed by atoms with Gasteiger partial charge in [0.05, 0.1) is 18.4 Å². The van der Waals surface area contributed by atoms with Crippen molar-refractivity contribution in [1.29, 1.82) is 0 Å². The van der Waals surface area contributed by atoms with Crippen LogP contribution in [0.15, 0.2) is 48.5 Å². The number of carboxylic acids is 2. The molecule has 1 aromatic heterocycles. The SMILES string of the molecule is Cc1c(C)n(Cc2ccccc2)c2ccc(C(=O)OCCN(C)C)cc12.O=C(O)CCC(=O)O. The predicted molar refractivity (Wildman–Crippen MR) is 130 cm³/mol. The second kappa shape index (κ2) is 12.6. The summed E-state index contributed by atoms with van der Waals surface area (Å²) >= 11 is 0. The van der Waals surface area contributed by atoms with Crippen molar-refractivity contribution in [1.82, 2.24) is 9.47 Å². The molecule has 34 heavy (non-hydrogen) atoms. The molecule has 0 aliphatic carbocycles. The molecule has 8 nitrogen and oxygen atoms in total. The molecule has 1 heterocycles. The van der Waals surface area contributed by atoms with Gasteiger partial charge in [0.2, 0.25) is 0 Å². The van der Waals surface area contributed by atoms with Crippen LogP contribution in [0, 0.1) is 13.8 Å². The van der Waals surface area contributed by atoms with Crippen molar-refractivity contribution >= 4 is 28.8 Å². The summed E-state index contributed by atoms with van der Waals surface area (Å²) in [6.45, 7) is 6.19. The van der Waals surface area contributed by atoms with Crippen LogP contribution in [-0.4, -0.2) is 64.8 Å². The van der Waals surface area contributed by atoms with E-state index in [1.807, 2.05) is 43.3 Å². The molecule has 3 aromatic rings. The molecule has 0 bridgehead atoms. The van der Waals surface area contributed by atoms with Crippen molar-refractivity contribution in [3.63, 3.8) is 0 Å². The van der Waals surface area contributed by atoms with Gasteiger partial charge in [-0.05, 0) is 57.3 Å². The number of esters is 1. The first-order valence-electron chi connectivity index (χ1n) is 11.0. The lowest BCUT2D eigenvalue weighted by Gasteiger charge is -2.10. The van der Waals surface area contributed by atoms with Crippen LogP contribution in [0.4, 0.5) is 0 Å². The number of hydrogen-bond acceptors (Lipinski definition) is 5. The summed E-state index contributed by atoms with van der Waals surface area (Å²) < 4.78 is 7.68. The van der Waals surface area contributed by atoms with Crippen molar-refractivity contribution in [3.8, 4) is 0 Å². The van der Waals surface area contributed by atoms with Crippen LogP contribution < -0.4 is 0 Å². The molecule has 0 spiro atoms. The number of carboxylic acid groups (broad SMARTS) is 2. The molecule has 8 heteroatoms. The molecule has 0 saturated heterocycles. The van der Waals surface area contributed by atoms with E-state index in [4.69, 9.17) is 14.9 Å². The summed E-state index contributed by atoms with van der Waals surface area (Å²) in [4.78, 5) is 33.6. The quantitative estimate of drug-likeness (QED) is 0.458. The van der Waals surface area contributed by atoms with Crippen LogP contribution in [-0.2, 0) is 20.9 Å². The molecule has 0 aliphatic rings. The zero-order valence-corrected chi connectivity index (χ0v) is 20.1. The molecule has 2 aromatic carbocycles. The van der Waals surface area contributed by atoms with Gasteiger partial charge in [-0.1, -0.05) is 30.3 Å². The van der Waals surface area contributed by atoms with Gasteiger partial charge >= 0.3 is 17.9 Å². The Labute approximate surface area is 199 Å². The van der Waals surface area contributed by atoms with Gasteiger partial charge in [0.15, 0.2) is 0 Å². The normalized spacial score (nSPS) is 10.6. The van der Waals surface area contributed by atoms with E-state index in [0.717, 1.165) is 24.0 Å². The molecule has 0 saturated carbocycles. The topological polar surface area (TPSA) is 109 Å². The first-order chi connectivity index (χ1) is 16.1. The molecular weight excluding hydrogens is 436 g/mol. The first kappa shape index (κ1) is 26.6. The molecule has 0 unspecified atom stereocenters. The van der Waals surface area contributed by atoms with E-state index in [2.05, 4.69) is 42.7 Å². The van der Waals surface area contributed by atoms with E-state index in [1.54, 1.807) is 0 Å². The molecule has 3 rings (SSSR count). The van der Waals surface area contributed by atoms with Gasteiger partial charge in [-0.3, -0.25) is 9.59 Å². The number of rotatable bonds is 9. The van der Waals surface area contributed by atoms with E-state index in [0.29, 0.717) is 12.2 Å². The number of nitrogens with zero attached hydrogens (tertiary/aromatic N) is 2. The third kappa shape index (κ3) is 7.74. The molecule has 182 valence electrons. The molecular formula is C26H32N2O6. The maximum absolute atomic E-state index is 12.3. The number of hydrogen-bond donors (Lipinski definition) is 2. The van der Waals surface area contributed by atoms with Crippen LogP contribution in [0.2, 0.25) is 0 Å². The van der Waals surface area contributed by atoms with Gasteiger partial charge in [0, 0.05) is 29.7 Å². The lowest BCUT2D eigenvalue weighted by molar-refractivity contribution is -0.143. The Morgan fingerprint density at radius 1 is 0.941 bits per heavy atom. The van der Waals surface area contributed by atoms with Crippen LogP contribution >= 0.6 is 0 Å². The number of aromatic nitrogens is 1. The minimum atomic E-state index is -1.08. The number of likely N-dealkylation sites (N-methyl/N-ethyl adjacent to an activating group) is 1. The largest absolute Gasteiger partial charge is 0.481 e. The number of carbonyl (C=O) groups is 3. The van der Waals surface area contributed by atoms with Gasteiger partial charge in [-0.2, -0.15) is 0 Å². The van der Waals surface area contributed by atoms with E-state index in [9.17, 15) is 14.4 Å². The van der Waals surface area contributed by atoms with Crippen LogP contribution in [0.1, 0.15) is 40.0 Å². The van der Waals surface area contributed by atoms with Crippen molar-refractivity contribution in [2.75, 3.05) is 27.2 Å². The highest BCUT2D eigenvalue weighted by molar-refractivity contribution is 5.96. The van der Waals surface area contributed by atoms with Gasteiger partial charge in [0.1, 0.15) is 6.61 Å². The Balaban J connectivity index is 0.000000440. The highest BCUT2D eigenvalue weighted by Gasteiger charge is 2.15. The Morgan fingerprint density at radius 2 is 1.56 bits per heavy atom. The zero-order valence-electron chi connectivity index (χ0n) is 20.1. The minimum Gasteiger partial charge on any atom is -0.481 e. The summed E-state index contributed by atoms with van der Waals surface area (Å²) in [7, 11) is 3.92. The number of carbonyl (C=O) groups excluding carboxylic acids is 1. The Bertz CT molecular complexity index is 1120. The zero-order chi connectivity index (χ0) is 25.3. The molecule has 0 fully saturated rings. The van der Waals surface area contributed by atoms with E-state index < -0.39 is 11.9 Å². The summed E-state index contributed by atoms with van der Waals surface area (Å²) in [5, 5.41) is 16.9. The van der Waals surface area contributed by atoms with Crippen molar-refractivity contribution < 1.29 is 29.3 Å². The fourth-order valence-electron chi connectivity index (χ4n) is 3.36. The Morgan fingerprint density at radius 3 is 2.12 bits per heavy atom. The minimum absolute atomic E-state index is 0.262. The molecule has 2 N–H and O–H groups in total. The van der Waals surface area contributed by atoms with Crippen molar-refractivity contribution in [2.45, 2.75) is 33.2 Å². The van der Waals surface area contributed by atoms with Crippen LogP contribution in [0.3, 0.4) is 0 Å². The summed E-state index contributed by atoms with van der Waals surface area (Å²) in [5.41, 5.74) is 5.45. The maximum Gasteiger partial charge on any atom is 0.338 e. The number of aryl methyl sites for hydroxylation is 1. The molecule has 0 radical (unpaired) electrons. The standard InChI is InChI=1S/C22H26N2O2.C4H6O4/c1-16-17(2)24(15-18-8-6-5-7-9-18)21-11-10-19(14-20(16)21)22(25)26-13-12-23(3)4;5-3(6)1-2-4(7)8/h5-11,14H,12-13,15H2,1-4H3;1-2H2,(H,5,6)(H,7,8). The van der Waals surface area contributed by atoms with E-state index in [-0.39, 0.29) is 18.8 Å². The Hall–Kier alpha value is -3.65. The Kier molecular flexibility index (Phi) is 9.82. The number of benzene rings is 2. The fraction of sp³-hybridized carbons (Fsp3) is 0.346. The van der Waals surface area contributed by atoms with Crippen molar-refractivity contribution in [3.05, 3.63) is 70.9 Å². The van der Waals surface area contributed by atoms with E-state index >= 15 is 0 Å². The maximum atomic E-state index is 12.3. The highest BCUT2D eigenvalue weighted by Crippen LogP contribution is 2.27. The summed E-state index contributed by atoms with van der Waals surface area (Å²) in [6, 6.07) is 16.3. The third-order valence-electron chi connectivity index (χ3n) is 5.38.